The number of nitrogens with zero attached hydrogens (tertiary/aromatic N) is 1. The molecule has 0 aliphatic carbocycles. The number of rotatable bonds is 1. The van der Waals surface area contributed by atoms with E-state index in [9.17, 15) is 0 Å². The van der Waals surface area contributed by atoms with Crippen LogP contribution in [0, 0.1) is 13.8 Å². The summed E-state index contributed by atoms with van der Waals surface area (Å²) < 4.78 is 0. The summed E-state index contributed by atoms with van der Waals surface area (Å²) in [5.41, 5.74) is 6.75. The molecule has 1 aliphatic heterocycles. The van der Waals surface area contributed by atoms with Crippen molar-refractivity contribution in [3.05, 3.63) is 58.9 Å². The summed E-state index contributed by atoms with van der Waals surface area (Å²) in [5, 5.41) is 3.62. The second-order valence-corrected chi connectivity index (χ2v) is 4.80. The molecular formula is C15H16N2. The number of nitrogens with one attached hydrogen (secondary N) is 1. The molecule has 0 amide bonds. The Labute approximate surface area is 102 Å². The third-order valence-electron chi connectivity index (χ3n) is 3.41. The molecule has 3 rings (SSSR count). The number of hydrogen-bond donors (Lipinski definition) is 1. The van der Waals surface area contributed by atoms with E-state index in [1.807, 2.05) is 12.4 Å². The molecule has 2 heteroatoms. The van der Waals surface area contributed by atoms with Crippen molar-refractivity contribution < 1.29 is 0 Å². The van der Waals surface area contributed by atoms with Crippen molar-refractivity contribution in [1.29, 1.82) is 0 Å². The second kappa shape index (κ2) is 3.88. The Hall–Kier alpha value is -1.83. The first kappa shape index (κ1) is 10.3. The van der Waals surface area contributed by atoms with Crippen LogP contribution in [-0.2, 0) is 6.42 Å². The standard InChI is InChI=1S/C15H16N2/c1-10-7-11(2)15-13(8-10)9-14(17-15)12-3-5-16-6-4-12/h3-8,14,17H,9H2,1-2H3. The van der Waals surface area contributed by atoms with Gasteiger partial charge >= 0.3 is 0 Å². The Kier molecular flexibility index (Phi) is 2.36. The summed E-state index contributed by atoms with van der Waals surface area (Å²) >= 11 is 0. The van der Waals surface area contributed by atoms with Gasteiger partial charge < -0.3 is 5.32 Å². The Balaban J connectivity index is 1.96. The first-order valence-corrected chi connectivity index (χ1v) is 6.00. The van der Waals surface area contributed by atoms with Gasteiger partial charge in [0, 0.05) is 18.1 Å². The molecule has 1 atom stereocenters. The summed E-state index contributed by atoms with van der Waals surface area (Å²) in [6.45, 7) is 4.33. The fourth-order valence-electron chi connectivity index (χ4n) is 2.67. The van der Waals surface area contributed by atoms with E-state index in [-0.39, 0.29) is 0 Å². The van der Waals surface area contributed by atoms with E-state index in [1.165, 1.54) is 27.9 Å². The summed E-state index contributed by atoms with van der Waals surface area (Å²) in [4.78, 5) is 4.07. The lowest BCUT2D eigenvalue weighted by molar-refractivity contribution is 0.821. The molecule has 2 heterocycles. The molecule has 0 bridgehead atoms. The number of pyridine rings is 1. The molecule has 1 aromatic heterocycles. The number of anilines is 1. The summed E-state index contributed by atoms with van der Waals surface area (Å²) in [5.74, 6) is 0. The number of benzene rings is 1. The fourth-order valence-corrected chi connectivity index (χ4v) is 2.67. The SMILES string of the molecule is Cc1cc(C)c2c(c1)CC(c1ccncc1)N2. The molecule has 1 N–H and O–H groups in total. The predicted molar refractivity (Wildman–Crippen MR) is 70.2 cm³/mol. The highest BCUT2D eigenvalue weighted by Crippen LogP contribution is 2.36. The Morgan fingerprint density at radius 1 is 1.18 bits per heavy atom. The molecule has 1 aliphatic rings. The third-order valence-corrected chi connectivity index (χ3v) is 3.41. The van der Waals surface area contributed by atoms with Gasteiger partial charge in [0.25, 0.3) is 0 Å². The van der Waals surface area contributed by atoms with E-state index in [0.29, 0.717) is 6.04 Å². The van der Waals surface area contributed by atoms with E-state index in [4.69, 9.17) is 0 Å². The summed E-state index contributed by atoms with van der Waals surface area (Å²) in [6.07, 6.45) is 4.79. The van der Waals surface area contributed by atoms with Crippen molar-refractivity contribution in [2.75, 3.05) is 5.32 Å². The first-order valence-electron chi connectivity index (χ1n) is 6.00. The van der Waals surface area contributed by atoms with Crippen LogP contribution in [0.25, 0.3) is 0 Å². The zero-order chi connectivity index (χ0) is 11.8. The molecular weight excluding hydrogens is 208 g/mol. The molecule has 1 unspecified atom stereocenters. The second-order valence-electron chi connectivity index (χ2n) is 4.80. The van der Waals surface area contributed by atoms with Crippen LogP contribution in [0.4, 0.5) is 5.69 Å². The van der Waals surface area contributed by atoms with E-state index < -0.39 is 0 Å². The average molecular weight is 224 g/mol. The Bertz CT molecular complexity index is 546. The monoisotopic (exact) mass is 224 g/mol. The van der Waals surface area contributed by atoms with Crippen LogP contribution >= 0.6 is 0 Å². The van der Waals surface area contributed by atoms with Gasteiger partial charge in [-0.05, 0) is 49.1 Å². The van der Waals surface area contributed by atoms with Crippen LogP contribution in [0.2, 0.25) is 0 Å². The van der Waals surface area contributed by atoms with E-state index in [2.05, 4.69) is 48.4 Å². The van der Waals surface area contributed by atoms with Gasteiger partial charge in [-0.25, -0.2) is 0 Å². The van der Waals surface area contributed by atoms with Crippen molar-refractivity contribution in [2.24, 2.45) is 0 Å². The molecule has 0 radical (unpaired) electrons. The maximum Gasteiger partial charge on any atom is 0.0556 e. The maximum atomic E-state index is 4.07. The first-order chi connectivity index (χ1) is 8.24. The molecule has 1 aromatic carbocycles. The van der Waals surface area contributed by atoms with Crippen LogP contribution in [0.3, 0.4) is 0 Å². The van der Waals surface area contributed by atoms with Gasteiger partial charge in [-0.15, -0.1) is 0 Å². The van der Waals surface area contributed by atoms with Crippen molar-refractivity contribution in [2.45, 2.75) is 26.3 Å². The highest BCUT2D eigenvalue weighted by molar-refractivity contribution is 5.64. The quantitative estimate of drug-likeness (QED) is 0.803. The Morgan fingerprint density at radius 3 is 2.71 bits per heavy atom. The molecule has 0 saturated heterocycles. The summed E-state index contributed by atoms with van der Waals surface area (Å²) in [7, 11) is 0. The molecule has 2 nitrogen and oxygen atoms in total. The van der Waals surface area contributed by atoms with Gasteiger partial charge in [0.1, 0.15) is 0 Å². The van der Waals surface area contributed by atoms with E-state index >= 15 is 0 Å². The summed E-state index contributed by atoms with van der Waals surface area (Å²) in [6, 6.07) is 9.10. The van der Waals surface area contributed by atoms with Gasteiger partial charge in [-0.2, -0.15) is 0 Å². The van der Waals surface area contributed by atoms with Crippen molar-refractivity contribution in [1.82, 2.24) is 4.98 Å². The molecule has 86 valence electrons. The lowest BCUT2D eigenvalue weighted by Gasteiger charge is -2.11. The largest absolute Gasteiger partial charge is 0.377 e. The highest BCUT2D eigenvalue weighted by atomic mass is 15.0. The molecule has 0 saturated carbocycles. The van der Waals surface area contributed by atoms with Gasteiger partial charge in [-0.3, -0.25) is 4.98 Å². The van der Waals surface area contributed by atoms with E-state index in [1.54, 1.807) is 0 Å². The lowest BCUT2D eigenvalue weighted by atomic mass is 10.0. The van der Waals surface area contributed by atoms with Crippen LogP contribution in [-0.4, -0.2) is 4.98 Å². The van der Waals surface area contributed by atoms with Gasteiger partial charge in [0.15, 0.2) is 0 Å². The molecule has 2 aromatic rings. The zero-order valence-electron chi connectivity index (χ0n) is 10.2. The third kappa shape index (κ3) is 1.80. The topological polar surface area (TPSA) is 24.9 Å². The number of aryl methyl sites for hydroxylation is 2. The molecule has 0 spiro atoms. The number of fused-ring (bicyclic) bond motifs is 1. The number of aromatic nitrogens is 1. The fraction of sp³-hybridized carbons (Fsp3) is 0.267. The minimum absolute atomic E-state index is 0.397. The highest BCUT2D eigenvalue weighted by Gasteiger charge is 2.23. The average Bonchev–Trinajstić information content (AvgIpc) is 2.74. The van der Waals surface area contributed by atoms with Gasteiger partial charge in [0.05, 0.1) is 6.04 Å². The number of hydrogen-bond acceptors (Lipinski definition) is 2. The zero-order valence-corrected chi connectivity index (χ0v) is 10.2. The predicted octanol–water partition coefficient (Wildman–Crippen LogP) is 3.41. The van der Waals surface area contributed by atoms with Crippen LogP contribution in [0.1, 0.15) is 28.3 Å². The van der Waals surface area contributed by atoms with Crippen molar-refractivity contribution in [3.8, 4) is 0 Å². The minimum atomic E-state index is 0.397. The van der Waals surface area contributed by atoms with Crippen LogP contribution in [0.15, 0.2) is 36.7 Å². The smallest absolute Gasteiger partial charge is 0.0556 e. The van der Waals surface area contributed by atoms with Crippen LogP contribution in [0.5, 0.6) is 0 Å². The minimum Gasteiger partial charge on any atom is -0.377 e. The molecule has 17 heavy (non-hydrogen) atoms. The maximum absolute atomic E-state index is 4.07. The molecule has 0 fully saturated rings. The van der Waals surface area contributed by atoms with Crippen molar-refractivity contribution in [3.63, 3.8) is 0 Å². The van der Waals surface area contributed by atoms with Crippen LogP contribution < -0.4 is 5.32 Å². The van der Waals surface area contributed by atoms with Gasteiger partial charge in [-0.1, -0.05) is 17.7 Å². The lowest BCUT2D eigenvalue weighted by Crippen LogP contribution is -2.05. The van der Waals surface area contributed by atoms with Gasteiger partial charge in [0.2, 0.25) is 0 Å². The van der Waals surface area contributed by atoms with E-state index in [0.717, 1.165) is 6.42 Å². The normalized spacial score (nSPS) is 17.6. The van der Waals surface area contributed by atoms with Crippen molar-refractivity contribution >= 4 is 5.69 Å². The Morgan fingerprint density at radius 2 is 1.94 bits per heavy atom.